The molecular weight excluding hydrogens is 232 g/mol. The fourth-order valence-electron chi connectivity index (χ4n) is 2.00. The molecule has 1 fully saturated rings. The van der Waals surface area contributed by atoms with Gasteiger partial charge < -0.3 is 15.4 Å². The van der Waals surface area contributed by atoms with Crippen LogP contribution < -0.4 is 10.6 Å². The van der Waals surface area contributed by atoms with Crippen LogP contribution in [0.25, 0.3) is 0 Å². The van der Waals surface area contributed by atoms with Crippen molar-refractivity contribution in [1.29, 1.82) is 0 Å². The van der Waals surface area contributed by atoms with Gasteiger partial charge in [0.05, 0.1) is 24.0 Å². The van der Waals surface area contributed by atoms with Gasteiger partial charge in [-0.15, -0.1) is 0 Å². The zero-order valence-electron chi connectivity index (χ0n) is 11.0. The van der Waals surface area contributed by atoms with Crippen LogP contribution in [-0.2, 0) is 9.53 Å². The van der Waals surface area contributed by atoms with Crippen molar-refractivity contribution in [2.24, 2.45) is 0 Å². The molecule has 1 saturated heterocycles. The summed E-state index contributed by atoms with van der Waals surface area (Å²) in [4.78, 5) is 12.0. The predicted octanol–water partition coefficient (Wildman–Crippen LogP) is 0.779. The van der Waals surface area contributed by atoms with E-state index in [2.05, 4.69) is 15.7 Å². The van der Waals surface area contributed by atoms with E-state index in [0.717, 1.165) is 12.2 Å². The average molecular weight is 252 g/mol. The Labute approximate surface area is 107 Å². The monoisotopic (exact) mass is 252 g/mol. The molecule has 6 nitrogen and oxygen atoms in total. The number of hydrogen-bond acceptors (Lipinski definition) is 4. The molecule has 1 amide bonds. The molecule has 0 aliphatic carbocycles. The van der Waals surface area contributed by atoms with Crippen molar-refractivity contribution in [3.8, 4) is 0 Å². The van der Waals surface area contributed by atoms with Gasteiger partial charge in [-0.3, -0.25) is 9.48 Å². The minimum Gasteiger partial charge on any atom is -0.380 e. The van der Waals surface area contributed by atoms with Gasteiger partial charge in [0.25, 0.3) is 0 Å². The first-order valence-corrected chi connectivity index (χ1v) is 6.21. The minimum atomic E-state index is -0.183. The lowest BCUT2D eigenvalue weighted by Gasteiger charge is -2.09. The van der Waals surface area contributed by atoms with E-state index in [1.807, 2.05) is 24.7 Å². The smallest absolute Gasteiger partial charge is 0.241 e. The molecule has 18 heavy (non-hydrogen) atoms. The van der Waals surface area contributed by atoms with Crippen molar-refractivity contribution < 1.29 is 9.53 Å². The first kappa shape index (κ1) is 13.0. The summed E-state index contributed by atoms with van der Waals surface area (Å²) in [5.41, 5.74) is 0.733. The molecule has 0 radical (unpaired) electrons. The van der Waals surface area contributed by atoms with Crippen molar-refractivity contribution in [2.75, 3.05) is 19.0 Å². The van der Waals surface area contributed by atoms with Crippen molar-refractivity contribution >= 4 is 11.6 Å². The quantitative estimate of drug-likeness (QED) is 0.831. The Morgan fingerprint density at radius 3 is 3.00 bits per heavy atom. The SMILES string of the molecule is COC1CNC(C(=O)Nc2cnn(C(C)C)c2)C1. The number of carbonyl (C=O) groups is 1. The summed E-state index contributed by atoms with van der Waals surface area (Å²) in [6, 6.07) is 0.107. The van der Waals surface area contributed by atoms with Crippen LogP contribution in [0.2, 0.25) is 0 Å². The van der Waals surface area contributed by atoms with Gasteiger partial charge in [0, 0.05) is 25.9 Å². The number of nitrogens with one attached hydrogen (secondary N) is 2. The maximum Gasteiger partial charge on any atom is 0.241 e. The number of rotatable bonds is 4. The Morgan fingerprint density at radius 2 is 2.44 bits per heavy atom. The molecule has 0 bridgehead atoms. The van der Waals surface area contributed by atoms with Crippen LogP contribution in [0.1, 0.15) is 26.3 Å². The van der Waals surface area contributed by atoms with E-state index < -0.39 is 0 Å². The molecule has 2 N–H and O–H groups in total. The molecule has 0 saturated carbocycles. The lowest BCUT2D eigenvalue weighted by molar-refractivity contribution is -0.118. The van der Waals surface area contributed by atoms with Gasteiger partial charge in [0.1, 0.15) is 0 Å². The average Bonchev–Trinajstić information content (AvgIpc) is 2.96. The van der Waals surface area contributed by atoms with E-state index in [-0.39, 0.29) is 24.1 Å². The lowest BCUT2D eigenvalue weighted by Crippen LogP contribution is -2.35. The van der Waals surface area contributed by atoms with Gasteiger partial charge >= 0.3 is 0 Å². The van der Waals surface area contributed by atoms with Crippen LogP contribution in [0.4, 0.5) is 5.69 Å². The molecule has 1 aromatic rings. The number of anilines is 1. The highest BCUT2D eigenvalue weighted by molar-refractivity contribution is 5.94. The van der Waals surface area contributed by atoms with Crippen LogP contribution in [-0.4, -0.2) is 41.5 Å². The number of aromatic nitrogens is 2. The molecule has 1 aliphatic rings. The Hall–Kier alpha value is -1.40. The molecule has 2 atom stereocenters. The lowest BCUT2D eigenvalue weighted by atomic mass is 10.2. The maximum absolute atomic E-state index is 12.0. The van der Waals surface area contributed by atoms with Gasteiger partial charge in [0.2, 0.25) is 5.91 Å². The number of amides is 1. The Morgan fingerprint density at radius 1 is 1.67 bits per heavy atom. The predicted molar refractivity (Wildman–Crippen MR) is 68.4 cm³/mol. The summed E-state index contributed by atoms with van der Waals surface area (Å²) >= 11 is 0. The zero-order valence-corrected chi connectivity index (χ0v) is 11.0. The fraction of sp³-hybridized carbons (Fsp3) is 0.667. The number of methoxy groups -OCH3 is 1. The standard InChI is InChI=1S/C12H20N4O2/c1-8(2)16-7-9(5-14-16)15-12(17)11-4-10(18-3)6-13-11/h5,7-8,10-11,13H,4,6H2,1-3H3,(H,15,17). The van der Waals surface area contributed by atoms with E-state index in [4.69, 9.17) is 4.74 Å². The molecule has 2 heterocycles. The van der Waals surface area contributed by atoms with Crippen LogP contribution in [0.5, 0.6) is 0 Å². The largest absolute Gasteiger partial charge is 0.380 e. The van der Waals surface area contributed by atoms with Crippen molar-refractivity contribution in [3.63, 3.8) is 0 Å². The van der Waals surface area contributed by atoms with Gasteiger partial charge in [-0.2, -0.15) is 5.10 Å². The summed E-state index contributed by atoms with van der Waals surface area (Å²) in [7, 11) is 1.67. The topological polar surface area (TPSA) is 68.2 Å². The van der Waals surface area contributed by atoms with Gasteiger partial charge in [-0.25, -0.2) is 0 Å². The highest BCUT2D eigenvalue weighted by atomic mass is 16.5. The van der Waals surface area contributed by atoms with Crippen LogP contribution in [0.15, 0.2) is 12.4 Å². The Kier molecular flexibility index (Phi) is 3.98. The van der Waals surface area contributed by atoms with E-state index >= 15 is 0 Å². The molecule has 0 spiro atoms. The van der Waals surface area contributed by atoms with Crippen LogP contribution >= 0.6 is 0 Å². The number of hydrogen-bond donors (Lipinski definition) is 2. The summed E-state index contributed by atoms with van der Waals surface area (Å²) < 4.78 is 7.03. The first-order valence-electron chi connectivity index (χ1n) is 6.21. The fourth-order valence-corrected chi connectivity index (χ4v) is 2.00. The second kappa shape index (κ2) is 5.49. The number of carbonyl (C=O) groups excluding carboxylic acids is 1. The molecule has 0 aromatic carbocycles. The highest BCUT2D eigenvalue weighted by Gasteiger charge is 2.29. The van der Waals surface area contributed by atoms with Gasteiger partial charge in [0.15, 0.2) is 0 Å². The second-order valence-electron chi connectivity index (χ2n) is 4.85. The number of ether oxygens (including phenoxy) is 1. The second-order valence-corrected chi connectivity index (χ2v) is 4.85. The van der Waals surface area contributed by atoms with E-state index in [0.29, 0.717) is 6.42 Å². The molecule has 1 aromatic heterocycles. The van der Waals surface area contributed by atoms with Gasteiger partial charge in [-0.1, -0.05) is 0 Å². The third-order valence-electron chi connectivity index (χ3n) is 3.14. The molecule has 2 unspecified atom stereocenters. The molecular formula is C12H20N4O2. The molecule has 2 rings (SSSR count). The molecule has 1 aliphatic heterocycles. The van der Waals surface area contributed by atoms with Crippen LogP contribution in [0, 0.1) is 0 Å². The van der Waals surface area contributed by atoms with Crippen LogP contribution in [0.3, 0.4) is 0 Å². The third kappa shape index (κ3) is 2.88. The molecule has 100 valence electrons. The number of nitrogens with zero attached hydrogens (tertiary/aromatic N) is 2. The summed E-state index contributed by atoms with van der Waals surface area (Å²) in [6.07, 6.45) is 4.34. The van der Waals surface area contributed by atoms with E-state index in [1.54, 1.807) is 13.3 Å². The van der Waals surface area contributed by atoms with Crippen molar-refractivity contribution in [1.82, 2.24) is 15.1 Å². The Balaban J connectivity index is 1.91. The third-order valence-corrected chi connectivity index (χ3v) is 3.14. The van der Waals surface area contributed by atoms with Crippen molar-refractivity contribution in [3.05, 3.63) is 12.4 Å². The van der Waals surface area contributed by atoms with E-state index in [1.165, 1.54) is 0 Å². The van der Waals surface area contributed by atoms with Gasteiger partial charge in [-0.05, 0) is 20.3 Å². The summed E-state index contributed by atoms with van der Waals surface area (Å²) in [5, 5.41) is 10.2. The van der Waals surface area contributed by atoms with E-state index in [9.17, 15) is 4.79 Å². The normalized spacial score (nSPS) is 23.6. The van der Waals surface area contributed by atoms with Crippen molar-refractivity contribution in [2.45, 2.75) is 38.5 Å². The molecule has 6 heteroatoms. The summed E-state index contributed by atoms with van der Waals surface area (Å²) in [5.74, 6) is -0.0298. The minimum absolute atomic E-state index is 0.0298. The zero-order chi connectivity index (χ0) is 13.1. The first-order chi connectivity index (χ1) is 8.60. The maximum atomic E-state index is 12.0. The highest BCUT2D eigenvalue weighted by Crippen LogP contribution is 2.14. The summed E-state index contributed by atoms with van der Waals surface area (Å²) in [6.45, 7) is 4.81. The Bertz CT molecular complexity index is 416.